The number of methoxy groups -OCH3 is 1. The largest absolute Gasteiger partial charge is 0.496 e. The van der Waals surface area contributed by atoms with Crippen molar-refractivity contribution in [2.24, 2.45) is 0 Å². The van der Waals surface area contributed by atoms with Crippen molar-refractivity contribution < 1.29 is 4.74 Å². The first-order valence-electron chi connectivity index (χ1n) is 14.3. The van der Waals surface area contributed by atoms with Crippen molar-refractivity contribution in [3.8, 4) is 28.4 Å². The van der Waals surface area contributed by atoms with Crippen LogP contribution < -0.4 is 4.74 Å². The summed E-state index contributed by atoms with van der Waals surface area (Å²) in [5.41, 5.74) is 8.84. The molecule has 1 unspecified atom stereocenters. The second kappa shape index (κ2) is 12.0. The Labute approximate surface area is 228 Å². The van der Waals surface area contributed by atoms with Crippen LogP contribution >= 0.6 is 0 Å². The van der Waals surface area contributed by atoms with Gasteiger partial charge < -0.3 is 9.30 Å². The zero-order chi connectivity index (χ0) is 26.5. The van der Waals surface area contributed by atoms with E-state index >= 15 is 0 Å². The molecule has 1 aromatic heterocycles. The SMILES string of the molecule is CCc1cccc(CC)c1-c1nc(-c2ccccc2OC)c(CN2CCCCC2c2ccccc2)n1CC. The fraction of sp³-hybridized carbons (Fsp3) is 0.382. The third-order valence-corrected chi connectivity index (χ3v) is 8.12. The van der Waals surface area contributed by atoms with E-state index in [-0.39, 0.29) is 0 Å². The van der Waals surface area contributed by atoms with Gasteiger partial charge in [-0.05, 0) is 68.0 Å². The van der Waals surface area contributed by atoms with E-state index < -0.39 is 0 Å². The molecule has 1 aliphatic heterocycles. The number of benzene rings is 3. The molecule has 198 valence electrons. The van der Waals surface area contributed by atoms with Crippen LogP contribution in [0.2, 0.25) is 0 Å². The fourth-order valence-electron chi connectivity index (χ4n) is 6.19. The molecule has 2 heterocycles. The number of nitrogens with zero attached hydrogens (tertiary/aromatic N) is 3. The van der Waals surface area contributed by atoms with Crippen LogP contribution in [0.5, 0.6) is 5.75 Å². The van der Waals surface area contributed by atoms with Crippen molar-refractivity contribution in [1.29, 1.82) is 0 Å². The number of aryl methyl sites for hydroxylation is 2. The third kappa shape index (κ3) is 5.02. The van der Waals surface area contributed by atoms with Gasteiger partial charge in [-0.1, -0.05) is 80.9 Å². The van der Waals surface area contributed by atoms with Gasteiger partial charge in [-0.25, -0.2) is 4.98 Å². The van der Waals surface area contributed by atoms with Crippen LogP contribution in [-0.2, 0) is 25.9 Å². The number of aromatic nitrogens is 2. The average molecular weight is 508 g/mol. The van der Waals surface area contributed by atoms with Gasteiger partial charge in [0.05, 0.1) is 18.5 Å². The summed E-state index contributed by atoms with van der Waals surface area (Å²) < 4.78 is 8.33. The van der Waals surface area contributed by atoms with E-state index in [9.17, 15) is 0 Å². The molecule has 4 nitrogen and oxygen atoms in total. The Morgan fingerprint density at radius 2 is 1.55 bits per heavy atom. The Morgan fingerprint density at radius 1 is 0.842 bits per heavy atom. The molecule has 5 rings (SSSR count). The number of imidazole rings is 1. The Morgan fingerprint density at radius 3 is 2.24 bits per heavy atom. The lowest BCUT2D eigenvalue weighted by molar-refractivity contribution is 0.137. The molecule has 3 aromatic carbocycles. The van der Waals surface area contributed by atoms with E-state index in [1.807, 2.05) is 6.07 Å². The Hall–Kier alpha value is -3.37. The molecule has 0 N–H and O–H groups in total. The van der Waals surface area contributed by atoms with Crippen molar-refractivity contribution in [1.82, 2.24) is 14.5 Å². The molecule has 0 saturated carbocycles. The molecule has 1 saturated heterocycles. The lowest BCUT2D eigenvalue weighted by Gasteiger charge is -2.36. The van der Waals surface area contributed by atoms with Crippen molar-refractivity contribution >= 4 is 0 Å². The highest BCUT2D eigenvalue weighted by atomic mass is 16.5. The summed E-state index contributed by atoms with van der Waals surface area (Å²) in [6.45, 7) is 9.59. The minimum Gasteiger partial charge on any atom is -0.496 e. The number of hydrogen-bond donors (Lipinski definition) is 0. The molecule has 0 radical (unpaired) electrons. The number of para-hydroxylation sites is 1. The van der Waals surface area contributed by atoms with Gasteiger partial charge in [-0.15, -0.1) is 0 Å². The summed E-state index contributed by atoms with van der Waals surface area (Å²) in [5.74, 6) is 1.96. The number of rotatable bonds is 9. The van der Waals surface area contributed by atoms with E-state index in [1.165, 1.54) is 47.2 Å². The highest BCUT2D eigenvalue weighted by molar-refractivity contribution is 5.75. The average Bonchev–Trinajstić information content (AvgIpc) is 3.34. The monoisotopic (exact) mass is 507 g/mol. The van der Waals surface area contributed by atoms with E-state index in [0.29, 0.717) is 6.04 Å². The first kappa shape index (κ1) is 26.2. The van der Waals surface area contributed by atoms with E-state index in [2.05, 4.69) is 97.0 Å². The normalized spacial score (nSPS) is 16.1. The van der Waals surface area contributed by atoms with Gasteiger partial charge in [0.2, 0.25) is 0 Å². The van der Waals surface area contributed by atoms with Crippen LogP contribution in [0, 0.1) is 0 Å². The molecule has 0 bridgehead atoms. The van der Waals surface area contributed by atoms with Crippen LogP contribution in [0.1, 0.15) is 68.5 Å². The topological polar surface area (TPSA) is 30.3 Å². The van der Waals surface area contributed by atoms with Crippen molar-refractivity contribution in [3.63, 3.8) is 0 Å². The van der Waals surface area contributed by atoms with Crippen molar-refractivity contribution in [2.75, 3.05) is 13.7 Å². The number of hydrogen-bond acceptors (Lipinski definition) is 3. The minimum absolute atomic E-state index is 0.424. The summed E-state index contributed by atoms with van der Waals surface area (Å²) in [6.07, 6.45) is 5.68. The smallest absolute Gasteiger partial charge is 0.141 e. The third-order valence-electron chi connectivity index (χ3n) is 8.12. The van der Waals surface area contributed by atoms with Crippen molar-refractivity contribution in [2.45, 2.75) is 72.0 Å². The molecular formula is C34H41N3O. The Balaban J connectivity index is 1.70. The lowest BCUT2D eigenvalue weighted by Crippen LogP contribution is -2.33. The second-order valence-electron chi connectivity index (χ2n) is 10.2. The number of piperidine rings is 1. The molecular weight excluding hydrogens is 466 g/mol. The first-order valence-corrected chi connectivity index (χ1v) is 14.3. The molecule has 1 aliphatic rings. The maximum Gasteiger partial charge on any atom is 0.141 e. The van der Waals surface area contributed by atoms with Gasteiger partial charge in [0, 0.05) is 30.3 Å². The zero-order valence-electron chi connectivity index (χ0n) is 23.4. The molecule has 0 amide bonds. The molecule has 0 aliphatic carbocycles. The highest BCUT2D eigenvalue weighted by Crippen LogP contribution is 2.40. The lowest BCUT2D eigenvalue weighted by atomic mass is 9.95. The fourth-order valence-corrected chi connectivity index (χ4v) is 6.19. The van der Waals surface area contributed by atoms with Gasteiger partial charge in [0.15, 0.2) is 0 Å². The maximum absolute atomic E-state index is 5.85. The molecule has 4 aromatic rings. The van der Waals surface area contributed by atoms with Crippen LogP contribution in [0.4, 0.5) is 0 Å². The van der Waals surface area contributed by atoms with Gasteiger partial charge in [-0.3, -0.25) is 4.90 Å². The minimum atomic E-state index is 0.424. The Kier molecular flexibility index (Phi) is 8.29. The Bertz CT molecular complexity index is 1340. The van der Waals surface area contributed by atoms with Crippen molar-refractivity contribution in [3.05, 3.63) is 95.2 Å². The maximum atomic E-state index is 5.85. The standard InChI is InChI=1S/C34H41N3O/c1-5-25-18-15-19-26(6-2)32(25)34-35-33(28-20-11-12-22-31(28)38-4)30(37(34)7-3)24-36-23-14-13-21-29(36)27-16-9-8-10-17-27/h8-12,15-20,22,29H,5-7,13-14,21,23-24H2,1-4H3. The van der Waals surface area contributed by atoms with Crippen LogP contribution in [0.15, 0.2) is 72.8 Å². The summed E-state index contributed by atoms with van der Waals surface area (Å²) in [7, 11) is 1.76. The summed E-state index contributed by atoms with van der Waals surface area (Å²) in [4.78, 5) is 8.14. The summed E-state index contributed by atoms with van der Waals surface area (Å²) >= 11 is 0. The number of likely N-dealkylation sites (tertiary alicyclic amines) is 1. The molecule has 38 heavy (non-hydrogen) atoms. The predicted octanol–water partition coefficient (Wildman–Crippen LogP) is 8.10. The summed E-state index contributed by atoms with van der Waals surface area (Å²) in [6, 6.07) is 26.5. The van der Waals surface area contributed by atoms with Gasteiger partial charge in [0.1, 0.15) is 11.6 Å². The highest BCUT2D eigenvalue weighted by Gasteiger charge is 2.29. The molecule has 1 atom stereocenters. The first-order chi connectivity index (χ1) is 18.7. The van der Waals surface area contributed by atoms with Gasteiger partial charge >= 0.3 is 0 Å². The molecule has 4 heteroatoms. The van der Waals surface area contributed by atoms with Crippen LogP contribution in [0.3, 0.4) is 0 Å². The van der Waals surface area contributed by atoms with E-state index in [1.54, 1.807) is 7.11 Å². The zero-order valence-corrected chi connectivity index (χ0v) is 23.4. The van der Waals surface area contributed by atoms with Gasteiger partial charge in [-0.2, -0.15) is 0 Å². The molecule has 1 fully saturated rings. The van der Waals surface area contributed by atoms with E-state index in [4.69, 9.17) is 9.72 Å². The quantitative estimate of drug-likeness (QED) is 0.229. The van der Waals surface area contributed by atoms with Gasteiger partial charge in [0.25, 0.3) is 0 Å². The summed E-state index contributed by atoms with van der Waals surface area (Å²) in [5, 5.41) is 0. The predicted molar refractivity (Wildman–Crippen MR) is 158 cm³/mol. The number of ether oxygens (including phenoxy) is 1. The second-order valence-corrected chi connectivity index (χ2v) is 10.2. The van der Waals surface area contributed by atoms with Crippen LogP contribution in [0.25, 0.3) is 22.6 Å². The van der Waals surface area contributed by atoms with Crippen LogP contribution in [-0.4, -0.2) is 28.1 Å². The molecule has 0 spiro atoms. The van der Waals surface area contributed by atoms with E-state index in [0.717, 1.165) is 55.3 Å².